The molecule has 0 bridgehead atoms. The van der Waals surface area contributed by atoms with Crippen LogP contribution in [-0.4, -0.2) is 36.8 Å². The minimum Gasteiger partial charge on any atom is -0.414 e. The van der Waals surface area contributed by atoms with E-state index >= 15 is 0 Å². The van der Waals surface area contributed by atoms with Crippen LogP contribution in [0.1, 0.15) is 60.3 Å². The van der Waals surface area contributed by atoms with Gasteiger partial charge in [-0.2, -0.15) is 0 Å². The van der Waals surface area contributed by atoms with Gasteiger partial charge in [0.2, 0.25) is 0 Å². The summed E-state index contributed by atoms with van der Waals surface area (Å²) in [6.07, 6.45) is 2.15. The zero-order valence-electron chi connectivity index (χ0n) is 13.9. The fraction of sp³-hybridized carbons (Fsp3) is 1.00. The Balaban J connectivity index is 4.04. The first kappa shape index (κ1) is 19.1. The lowest BCUT2D eigenvalue weighted by Crippen LogP contribution is -2.43. The molecule has 3 atom stereocenters. The fourth-order valence-corrected chi connectivity index (χ4v) is 3.29. The molecule has 116 valence electrons. The SMILES string of the molecule is CC[C@@H](O)[C@H](O)CCC[C@H](C)O[Si](C)(C)C(C)(C)C. The Morgan fingerprint density at radius 3 is 2.00 bits per heavy atom. The maximum absolute atomic E-state index is 9.71. The number of hydrogen-bond donors (Lipinski definition) is 2. The highest BCUT2D eigenvalue weighted by atomic mass is 28.4. The summed E-state index contributed by atoms with van der Waals surface area (Å²) < 4.78 is 6.27. The van der Waals surface area contributed by atoms with Gasteiger partial charge in [-0.05, 0) is 50.7 Å². The molecule has 0 aromatic heterocycles. The zero-order chi connectivity index (χ0) is 15.3. The van der Waals surface area contributed by atoms with Gasteiger partial charge < -0.3 is 14.6 Å². The first-order valence-corrected chi connectivity index (χ1v) is 10.5. The summed E-state index contributed by atoms with van der Waals surface area (Å²) in [6, 6.07) is 0. The Hall–Kier alpha value is 0.0969. The second kappa shape index (κ2) is 7.77. The second-order valence-electron chi connectivity index (χ2n) is 7.16. The summed E-state index contributed by atoms with van der Waals surface area (Å²) in [7, 11) is -1.69. The van der Waals surface area contributed by atoms with E-state index in [9.17, 15) is 10.2 Å². The third-order valence-corrected chi connectivity index (χ3v) is 8.88. The van der Waals surface area contributed by atoms with Crippen molar-refractivity contribution in [1.29, 1.82) is 0 Å². The molecule has 19 heavy (non-hydrogen) atoms. The van der Waals surface area contributed by atoms with Crippen LogP contribution in [0.5, 0.6) is 0 Å². The van der Waals surface area contributed by atoms with Gasteiger partial charge in [-0.3, -0.25) is 0 Å². The number of hydrogen-bond acceptors (Lipinski definition) is 3. The van der Waals surface area contributed by atoms with E-state index in [1.807, 2.05) is 6.92 Å². The zero-order valence-corrected chi connectivity index (χ0v) is 14.9. The van der Waals surface area contributed by atoms with E-state index in [1.165, 1.54) is 0 Å². The molecule has 0 radical (unpaired) electrons. The van der Waals surface area contributed by atoms with Gasteiger partial charge in [0.05, 0.1) is 12.2 Å². The van der Waals surface area contributed by atoms with E-state index in [-0.39, 0.29) is 11.1 Å². The molecular formula is C15H34O3Si. The van der Waals surface area contributed by atoms with Crippen LogP contribution in [0.15, 0.2) is 0 Å². The summed E-state index contributed by atoms with van der Waals surface area (Å²) in [5, 5.41) is 19.5. The lowest BCUT2D eigenvalue weighted by atomic mass is 10.0. The molecule has 0 heterocycles. The van der Waals surface area contributed by atoms with Gasteiger partial charge in [0.25, 0.3) is 0 Å². The van der Waals surface area contributed by atoms with Crippen molar-refractivity contribution in [2.24, 2.45) is 0 Å². The minimum atomic E-state index is -1.69. The van der Waals surface area contributed by atoms with Gasteiger partial charge in [-0.15, -0.1) is 0 Å². The lowest BCUT2D eigenvalue weighted by Gasteiger charge is -2.38. The van der Waals surface area contributed by atoms with Crippen molar-refractivity contribution in [1.82, 2.24) is 0 Å². The standard InChI is InChI=1S/C15H34O3Si/c1-8-13(16)14(17)11-9-10-12(2)18-19(6,7)15(3,4)5/h12-14,16-17H,8-11H2,1-7H3/t12-,13+,14+/m0/s1. The van der Waals surface area contributed by atoms with Crippen LogP contribution < -0.4 is 0 Å². The van der Waals surface area contributed by atoms with Gasteiger partial charge in [0.1, 0.15) is 0 Å². The Kier molecular flexibility index (Phi) is 7.81. The second-order valence-corrected chi connectivity index (χ2v) is 11.9. The van der Waals surface area contributed by atoms with Gasteiger partial charge >= 0.3 is 0 Å². The van der Waals surface area contributed by atoms with Gasteiger partial charge in [-0.25, -0.2) is 0 Å². The molecular weight excluding hydrogens is 256 g/mol. The van der Waals surface area contributed by atoms with Gasteiger partial charge in [-0.1, -0.05) is 27.7 Å². The predicted molar refractivity (Wildman–Crippen MR) is 83.9 cm³/mol. The highest BCUT2D eigenvalue weighted by Gasteiger charge is 2.38. The smallest absolute Gasteiger partial charge is 0.192 e. The van der Waals surface area contributed by atoms with Crippen molar-refractivity contribution in [2.75, 3.05) is 0 Å². The van der Waals surface area contributed by atoms with E-state index in [1.54, 1.807) is 0 Å². The topological polar surface area (TPSA) is 49.7 Å². The fourth-order valence-electron chi connectivity index (χ4n) is 1.82. The summed E-state index contributed by atoms with van der Waals surface area (Å²) >= 11 is 0. The van der Waals surface area contributed by atoms with E-state index in [2.05, 4.69) is 40.8 Å². The molecule has 4 heteroatoms. The molecule has 0 saturated carbocycles. The van der Waals surface area contributed by atoms with Crippen LogP contribution >= 0.6 is 0 Å². The molecule has 0 aromatic carbocycles. The Morgan fingerprint density at radius 2 is 1.58 bits per heavy atom. The molecule has 0 aliphatic carbocycles. The Morgan fingerprint density at radius 1 is 1.05 bits per heavy atom. The summed E-state index contributed by atoms with van der Waals surface area (Å²) in [5.74, 6) is 0. The van der Waals surface area contributed by atoms with Crippen LogP contribution in [0.25, 0.3) is 0 Å². The normalized spacial score (nSPS) is 18.2. The molecule has 3 nitrogen and oxygen atoms in total. The first-order valence-electron chi connectivity index (χ1n) is 7.55. The third kappa shape index (κ3) is 6.89. The Labute approximate surface area is 120 Å². The van der Waals surface area contributed by atoms with Gasteiger partial charge in [0, 0.05) is 6.10 Å². The average Bonchev–Trinajstić information content (AvgIpc) is 2.25. The van der Waals surface area contributed by atoms with E-state index in [0.29, 0.717) is 12.8 Å². The highest BCUT2D eigenvalue weighted by Crippen LogP contribution is 2.37. The third-order valence-electron chi connectivity index (χ3n) is 4.27. The molecule has 0 aliphatic rings. The molecule has 0 amide bonds. The van der Waals surface area contributed by atoms with Crippen LogP contribution in [0, 0.1) is 0 Å². The summed E-state index contributed by atoms with van der Waals surface area (Å²) in [6.45, 7) is 15.3. The first-order chi connectivity index (χ1) is 8.51. The van der Waals surface area contributed by atoms with Crippen LogP contribution in [0.4, 0.5) is 0 Å². The van der Waals surface area contributed by atoms with Crippen LogP contribution in [0.2, 0.25) is 18.1 Å². The molecule has 0 aliphatic heterocycles. The van der Waals surface area contributed by atoms with E-state index < -0.39 is 20.5 Å². The number of aliphatic hydroxyl groups excluding tert-OH is 2. The Bertz CT molecular complexity index is 248. The molecule has 0 spiro atoms. The largest absolute Gasteiger partial charge is 0.414 e. The maximum Gasteiger partial charge on any atom is 0.192 e. The molecule has 0 fully saturated rings. The van der Waals surface area contributed by atoms with Crippen LogP contribution in [0.3, 0.4) is 0 Å². The monoisotopic (exact) mass is 290 g/mol. The minimum absolute atomic E-state index is 0.229. The molecule has 0 rings (SSSR count). The number of aliphatic hydroxyl groups is 2. The molecule has 0 aromatic rings. The quantitative estimate of drug-likeness (QED) is 0.670. The summed E-state index contributed by atoms with van der Waals surface area (Å²) in [4.78, 5) is 0. The molecule has 2 N–H and O–H groups in total. The van der Waals surface area contributed by atoms with Crippen LogP contribution in [-0.2, 0) is 4.43 Å². The lowest BCUT2D eigenvalue weighted by molar-refractivity contribution is 0.00992. The molecule has 0 unspecified atom stereocenters. The summed E-state index contributed by atoms with van der Waals surface area (Å²) in [5.41, 5.74) is 0. The van der Waals surface area contributed by atoms with Gasteiger partial charge in [0.15, 0.2) is 8.32 Å². The van der Waals surface area contributed by atoms with Crippen molar-refractivity contribution in [3.63, 3.8) is 0 Å². The maximum atomic E-state index is 9.71. The number of rotatable bonds is 8. The van der Waals surface area contributed by atoms with E-state index in [4.69, 9.17) is 4.43 Å². The van der Waals surface area contributed by atoms with Crippen molar-refractivity contribution in [2.45, 2.75) is 96.7 Å². The van der Waals surface area contributed by atoms with Crippen molar-refractivity contribution in [3.05, 3.63) is 0 Å². The van der Waals surface area contributed by atoms with Crippen molar-refractivity contribution >= 4 is 8.32 Å². The van der Waals surface area contributed by atoms with Crippen molar-refractivity contribution in [3.8, 4) is 0 Å². The molecule has 0 saturated heterocycles. The van der Waals surface area contributed by atoms with E-state index in [0.717, 1.165) is 12.8 Å². The highest BCUT2D eigenvalue weighted by molar-refractivity contribution is 6.74. The predicted octanol–water partition coefficient (Wildman–Crippen LogP) is 3.70. The van der Waals surface area contributed by atoms with Crippen molar-refractivity contribution < 1.29 is 14.6 Å². The average molecular weight is 291 g/mol.